The van der Waals surface area contributed by atoms with Gasteiger partial charge in [0.25, 0.3) is 11.8 Å². The lowest BCUT2D eigenvalue weighted by Crippen LogP contribution is -2.34. The van der Waals surface area contributed by atoms with Crippen LogP contribution in [0.5, 0.6) is 0 Å². The maximum absolute atomic E-state index is 11.6. The number of hydrogen-bond donors (Lipinski definition) is 0. The Labute approximate surface area is 137 Å². The van der Waals surface area contributed by atoms with E-state index in [1.54, 1.807) is 6.92 Å². The highest BCUT2D eigenvalue weighted by Gasteiger charge is 2.38. The average molecular weight is 329 g/mol. The van der Waals surface area contributed by atoms with Crippen LogP contribution in [0.2, 0.25) is 0 Å². The highest BCUT2D eigenvalue weighted by Crippen LogP contribution is 2.22. The smallest absolute Gasteiger partial charge is 0.358 e. The summed E-state index contributed by atoms with van der Waals surface area (Å²) in [6.45, 7) is 10.3. The topological polar surface area (TPSA) is 82.1 Å². The van der Waals surface area contributed by atoms with Gasteiger partial charge in [-0.05, 0) is 18.8 Å². The summed E-state index contributed by atoms with van der Waals surface area (Å²) in [7, 11) is 0. The molecule has 132 valence electrons. The van der Waals surface area contributed by atoms with Crippen molar-refractivity contribution in [3.05, 3.63) is 0 Å². The monoisotopic (exact) mass is 329 g/mol. The molecule has 0 N–H and O–H groups in total. The molecule has 1 heterocycles. The van der Waals surface area contributed by atoms with Crippen molar-refractivity contribution >= 4 is 17.8 Å². The van der Waals surface area contributed by atoms with Crippen molar-refractivity contribution < 1.29 is 28.7 Å². The molecular formula is C16H27NO6. The molecule has 1 aliphatic rings. The Morgan fingerprint density at radius 3 is 2.48 bits per heavy atom. The minimum absolute atomic E-state index is 0.0620. The van der Waals surface area contributed by atoms with Crippen LogP contribution in [0, 0.1) is 11.3 Å². The van der Waals surface area contributed by atoms with Crippen molar-refractivity contribution in [1.29, 1.82) is 0 Å². The molecule has 2 amide bonds. The van der Waals surface area contributed by atoms with E-state index >= 15 is 0 Å². The largest absolute Gasteiger partial charge is 0.376 e. The lowest BCUT2D eigenvalue weighted by molar-refractivity contribution is -0.201. The fraction of sp³-hybridized carbons (Fsp3) is 0.812. The Morgan fingerprint density at radius 2 is 1.96 bits per heavy atom. The number of imide groups is 1. The van der Waals surface area contributed by atoms with Crippen LogP contribution in [-0.2, 0) is 28.7 Å². The van der Waals surface area contributed by atoms with E-state index in [-0.39, 0.29) is 31.2 Å². The third kappa shape index (κ3) is 7.09. The highest BCUT2D eigenvalue weighted by molar-refractivity contribution is 6.03. The number of ether oxygens (including phenoxy) is 2. The molecule has 0 radical (unpaired) electrons. The molecule has 0 aliphatic carbocycles. The van der Waals surface area contributed by atoms with E-state index in [1.807, 2.05) is 6.92 Å². The average Bonchev–Trinajstić information content (AvgIpc) is 2.63. The SMILES string of the molecule is CC(CC(C)(C)C)OCCOCC(=O)ON1C(=O)CC(C)C1=O. The first-order valence-electron chi connectivity index (χ1n) is 7.87. The van der Waals surface area contributed by atoms with Gasteiger partial charge in [0.1, 0.15) is 6.61 Å². The van der Waals surface area contributed by atoms with Crippen molar-refractivity contribution in [3.8, 4) is 0 Å². The Kier molecular flexibility index (Phi) is 7.15. The summed E-state index contributed by atoms with van der Waals surface area (Å²) >= 11 is 0. The van der Waals surface area contributed by atoms with Crippen LogP contribution in [0.3, 0.4) is 0 Å². The Hall–Kier alpha value is -1.47. The van der Waals surface area contributed by atoms with Gasteiger partial charge in [0.05, 0.1) is 19.3 Å². The van der Waals surface area contributed by atoms with E-state index in [0.717, 1.165) is 6.42 Å². The minimum Gasteiger partial charge on any atom is -0.376 e. The van der Waals surface area contributed by atoms with Crippen molar-refractivity contribution in [1.82, 2.24) is 5.06 Å². The zero-order chi connectivity index (χ0) is 17.6. The molecule has 2 atom stereocenters. The lowest BCUT2D eigenvalue weighted by atomic mass is 9.90. The molecule has 7 nitrogen and oxygen atoms in total. The van der Waals surface area contributed by atoms with Crippen LogP contribution in [0.1, 0.15) is 47.5 Å². The van der Waals surface area contributed by atoms with Crippen LogP contribution in [-0.4, -0.2) is 48.8 Å². The maximum Gasteiger partial charge on any atom is 0.358 e. The molecule has 0 aromatic rings. The van der Waals surface area contributed by atoms with Gasteiger partial charge in [-0.1, -0.05) is 27.7 Å². The fourth-order valence-electron chi connectivity index (χ4n) is 2.36. The van der Waals surface area contributed by atoms with E-state index in [1.165, 1.54) is 0 Å². The Morgan fingerprint density at radius 1 is 1.30 bits per heavy atom. The third-order valence-corrected chi connectivity index (χ3v) is 3.27. The normalized spacial score (nSPS) is 20.0. The second kappa shape index (κ2) is 8.40. The number of amides is 2. The summed E-state index contributed by atoms with van der Waals surface area (Å²) in [5, 5.41) is 0.526. The summed E-state index contributed by atoms with van der Waals surface area (Å²) in [5.41, 5.74) is 0.190. The van der Waals surface area contributed by atoms with E-state index < -0.39 is 23.7 Å². The zero-order valence-electron chi connectivity index (χ0n) is 14.6. The van der Waals surface area contributed by atoms with Gasteiger partial charge in [-0.3, -0.25) is 9.59 Å². The number of nitrogens with zero attached hydrogens (tertiary/aromatic N) is 1. The molecule has 1 saturated heterocycles. The molecule has 0 aromatic heterocycles. The molecule has 0 aromatic carbocycles. The predicted octanol–water partition coefficient (Wildman–Crippen LogP) is 1.70. The molecule has 23 heavy (non-hydrogen) atoms. The summed E-state index contributed by atoms with van der Waals surface area (Å²) in [5.74, 6) is -2.23. The van der Waals surface area contributed by atoms with E-state index in [9.17, 15) is 14.4 Å². The summed E-state index contributed by atoms with van der Waals surface area (Å²) in [4.78, 5) is 39.3. The van der Waals surface area contributed by atoms with Crippen molar-refractivity contribution in [2.24, 2.45) is 11.3 Å². The van der Waals surface area contributed by atoms with Gasteiger partial charge < -0.3 is 14.3 Å². The molecule has 1 fully saturated rings. The summed E-state index contributed by atoms with van der Waals surface area (Å²) in [6.07, 6.45) is 1.09. The van der Waals surface area contributed by atoms with Crippen molar-refractivity contribution in [3.63, 3.8) is 0 Å². The van der Waals surface area contributed by atoms with Crippen LogP contribution < -0.4 is 0 Å². The molecule has 0 bridgehead atoms. The predicted molar refractivity (Wildman–Crippen MR) is 82.0 cm³/mol. The second-order valence-electron chi connectivity index (χ2n) is 7.09. The number of carbonyl (C=O) groups is 3. The molecule has 0 spiro atoms. The van der Waals surface area contributed by atoms with Crippen LogP contribution >= 0.6 is 0 Å². The number of hydroxylamine groups is 2. The molecule has 0 saturated carbocycles. The van der Waals surface area contributed by atoms with Gasteiger partial charge in [0, 0.05) is 12.3 Å². The van der Waals surface area contributed by atoms with Gasteiger partial charge in [-0.15, -0.1) is 5.06 Å². The van der Waals surface area contributed by atoms with E-state index in [4.69, 9.17) is 14.3 Å². The van der Waals surface area contributed by atoms with E-state index in [0.29, 0.717) is 11.7 Å². The van der Waals surface area contributed by atoms with Crippen LogP contribution in [0.15, 0.2) is 0 Å². The first-order valence-corrected chi connectivity index (χ1v) is 7.87. The number of rotatable bonds is 8. The van der Waals surface area contributed by atoms with E-state index in [2.05, 4.69) is 20.8 Å². The first kappa shape index (κ1) is 19.6. The Bertz CT molecular complexity index is 442. The van der Waals surface area contributed by atoms with Crippen LogP contribution in [0.4, 0.5) is 0 Å². The first-order chi connectivity index (χ1) is 10.6. The molecule has 1 rings (SSSR count). The van der Waals surface area contributed by atoms with Gasteiger partial charge in [0.15, 0.2) is 0 Å². The summed E-state index contributed by atoms with van der Waals surface area (Å²) in [6, 6.07) is 0. The van der Waals surface area contributed by atoms with Crippen LogP contribution in [0.25, 0.3) is 0 Å². The number of hydrogen-bond acceptors (Lipinski definition) is 6. The molecule has 2 unspecified atom stereocenters. The number of carbonyl (C=O) groups excluding carboxylic acids is 3. The van der Waals surface area contributed by atoms with Gasteiger partial charge in [-0.25, -0.2) is 4.79 Å². The third-order valence-electron chi connectivity index (χ3n) is 3.27. The quantitative estimate of drug-likeness (QED) is 0.498. The highest BCUT2D eigenvalue weighted by atomic mass is 16.7. The van der Waals surface area contributed by atoms with Gasteiger partial charge in [-0.2, -0.15) is 0 Å². The second-order valence-corrected chi connectivity index (χ2v) is 7.09. The van der Waals surface area contributed by atoms with Gasteiger partial charge in [0.2, 0.25) is 0 Å². The standard InChI is InChI=1S/C16H27NO6/c1-11-8-13(18)17(15(11)20)23-14(19)10-21-6-7-22-12(2)9-16(3,4)5/h11-12H,6-10H2,1-5H3. The summed E-state index contributed by atoms with van der Waals surface area (Å²) < 4.78 is 10.7. The maximum atomic E-state index is 11.6. The fourth-order valence-corrected chi connectivity index (χ4v) is 2.36. The molecule has 7 heteroatoms. The van der Waals surface area contributed by atoms with Crippen molar-refractivity contribution in [2.45, 2.75) is 53.6 Å². The molecular weight excluding hydrogens is 302 g/mol. The zero-order valence-corrected chi connectivity index (χ0v) is 14.6. The Balaban J connectivity index is 2.15. The van der Waals surface area contributed by atoms with Crippen molar-refractivity contribution in [2.75, 3.05) is 19.8 Å². The lowest BCUT2D eigenvalue weighted by Gasteiger charge is -2.23. The molecule has 1 aliphatic heterocycles. The minimum atomic E-state index is -0.775. The van der Waals surface area contributed by atoms with Gasteiger partial charge >= 0.3 is 5.97 Å².